The maximum absolute atomic E-state index is 4.35. The molecule has 0 saturated heterocycles. The number of aryl methyl sites for hydroxylation is 1. The van der Waals surface area contributed by atoms with E-state index in [0.29, 0.717) is 6.04 Å². The van der Waals surface area contributed by atoms with Gasteiger partial charge in [-0.2, -0.15) is 4.37 Å². The molecule has 1 unspecified atom stereocenters. The molecule has 2 aromatic rings. The van der Waals surface area contributed by atoms with Crippen LogP contribution in [0, 0.1) is 6.92 Å². The first-order valence-corrected chi connectivity index (χ1v) is 7.21. The Bertz CT molecular complexity index is 456. The molecular formula is C12H15N3S2. The minimum atomic E-state index is 0.352. The molecule has 0 fully saturated rings. The van der Waals surface area contributed by atoms with Gasteiger partial charge in [0.25, 0.3) is 0 Å². The van der Waals surface area contributed by atoms with Gasteiger partial charge in [0.15, 0.2) is 4.34 Å². The molecule has 0 aliphatic rings. The molecular weight excluding hydrogens is 250 g/mol. The van der Waals surface area contributed by atoms with Gasteiger partial charge < -0.3 is 5.32 Å². The van der Waals surface area contributed by atoms with Crippen LogP contribution in [0.4, 0.5) is 0 Å². The fraction of sp³-hybridized carbons (Fsp3) is 0.333. The second kappa shape index (κ2) is 6.14. The first-order chi connectivity index (χ1) is 8.29. The van der Waals surface area contributed by atoms with Crippen LogP contribution in [0.2, 0.25) is 0 Å². The molecule has 0 aliphatic carbocycles. The van der Waals surface area contributed by atoms with Crippen molar-refractivity contribution in [3.05, 3.63) is 41.7 Å². The fourth-order valence-electron chi connectivity index (χ4n) is 1.52. The van der Waals surface area contributed by atoms with Gasteiger partial charge in [-0.3, -0.25) is 0 Å². The summed E-state index contributed by atoms with van der Waals surface area (Å²) in [5.41, 5.74) is 1.31. The monoisotopic (exact) mass is 265 g/mol. The highest BCUT2D eigenvalue weighted by molar-refractivity contribution is 8.00. The molecule has 17 heavy (non-hydrogen) atoms. The van der Waals surface area contributed by atoms with Crippen molar-refractivity contribution in [3.8, 4) is 0 Å². The van der Waals surface area contributed by atoms with E-state index < -0.39 is 0 Å². The summed E-state index contributed by atoms with van der Waals surface area (Å²) in [6, 6.07) is 10.8. The van der Waals surface area contributed by atoms with Gasteiger partial charge in [-0.15, -0.1) is 0 Å². The Morgan fingerprint density at radius 3 is 2.71 bits per heavy atom. The van der Waals surface area contributed by atoms with Crippen molar-refractivity contribution in [2.75, 3.05) is 12.8 Å². The number of hydrogen-bond acceptors (Lipinski definition) is 5. The third kappa shape index (κ3) is 3.52. The Morgan fingerprint density at radius 2 is 2.12 bits per heavy atom. The number of nitrogens with one attached hydrogen (secondary N) is 1. The Labute approximate surface area is 110 Å². The molecule has 0 bridgehead atoms. The van der Waals surface area contributed by atoms with Crippen molar-refractivity contribution in [3.63, 3.8) is 0 Å². The molecule has 2 rings (SSSR count). The van der Waals surface area contributed by atoms with Crippen LogP contribution in [0.5, 0.6) is 0 Å². The van der Waals surface area contributed by atoms with Gasteiger partial charge in [-0.05, 0) is 31.1 Å². The van der Waals surface area contributed by atoms with E-state index >= 15 is 0 Å². The predicted octanol–water partition coefficient (Wildman–Crippen LogP) is 2.90. The van der Waals surface area contributed by atoms with E-state index in [1.165, 1.54) is 17.1 Å². The normalized spacial score (nSPS) is 12.6. The summed E-state index contributed by atoms with van der Waals surface area (Å²) in [6.45, 7) is 1.92. The highest BCUT2D eigenvalue weighted by Gasteiger charge is 2.10. The molecule has 0 spiro atoms. The van der Waals surface area contributed by atoms with Crippen molar-refractivity contribution < 1.29 is 0 Å². The van der Waals surface area contributed by atoms with Gasteiger partial charge in [-0.25, -0.2) is 4.98 Å². The summed E-state index contributed by atoms with van der Waals surface area (Å²) in [7, 11) is 1.99. The minimum absolute atomic E-state index is 0.352. The SMILES string of the molecule is CNC(CSc1nc(C)ns1)c1ccccc1. The zero-order chi connectivity index (χ0) is 12.1. The maximum atomic E-state index is 4.35. The third-order valence-electron chi connectivity index (χ3n) is 2.43. The van der Waals surface area contributed by atoms with E-state index in [1.807, 2.05) is 20.0 Å². The van der Waals surface area contributed by atoms with Crippen LogP contribution >= 0.6 is 23.3 Å². The highest BCUT2D eigenvalue weighted by Crippen LogP contribution is 2.25. The highest BCUT2D eigenvalue weighted by atomic mass is 32.2. The predicted molar refractivity (Wildman–Crippen MR) is 73.6 cm³/mol. The number of rotatable bonds is 5. The van der Waals surface area contributed by atoms with Crippen molar-refractivity contribution in [1.82, 2.24) is 14.7 Å². The molecule has 1 N–H and O–H groups in total. The second-order valence-corrected chi connectivity index (χ2v) is 5.69. The standard InChI is InChI=1S/C12H15N3S2/c1-9-14-12(17-15-9)16-8-11(13-2)10-6-4-3-5-7-10/h3-7,11,13H,8H2,1-2H3. The number of nitrogens with zero attached hydrogens (tertiary/aromatic N) is 2. The fourth-order valence-corrected chi connectivity index (χ4v) is 3.34. The summed E-state index contributed by atoms with van der Waals surface area (Å²) in [5, 5.41) is 3.33. The van der Waals surface area contributed by atoms with Crippen molar-refractivity contribution in [2.45, 2.75) is 17.3 Å². The lowest BCUT2D eigenvalue weighted by Crippen LogP contribution is -2.18. The van der Waals surface area contributed by atoms with E-state index in [1.54, 1.807) is 11.8 Å². The number of thioether (sulfide) groups is 1. The van der Waals surface area contributed by atoms with Crippen LogP contribution in [0.1, 0.15) is 17.4 Å². The summed E-state index contributed by atoms with van der Waals surface area (Å²) in [5.74, 6) is 1.83. The van der Waals surface area contributed by atoms with E-state index in [-0.39, 0.29) is 0 Å². The van der Waals surface area contributed by atoms with E-state index in [2.05, 4.69) is 38.9 Å². The summed E-state index contributed by atoms with van der Waals surface area (Å²) in [4.78, 5) is 4.35. The van der Waals surface area contributed by atoms with Crippen LogP contribution in [0.3, 0.4) is 0 Å². The Balaban J connectivity index is 1.97. The van der Waals surface area contributed by atoms with E-state index in [9.17, 15) is 0 Å². The first-order valence-electron chi connectivity index (χ1n) is 5.45. The smallest absolute Gasteiger partial charge is 0.170 e. The van der Waals surface area contributed by atoms with Crippen LogP contribution in [-0.2, 0) is 0 Å². The molecule has 1 aromatic carbocycles. The summed E-state index contributed by atoms with van der Waals surface area (Å²) < 4.78 is 5.22. The first kappa shape index (κ1) is 12.5. The second-order valence-electron chi connectivity index (χ2n) is 3.67. The van der Waals surface area contributed by atoms with Crippen LogP contribution in [-0.4, -0.2) is 22.2 Å². The average Bonchev–Trinajstić information content (AvgIpc) is 2.77. The summed E-state index contributed by atoms with van der Waals surface area (Å²) >= 11 is 3.22. The van der Waals surface area contributed by atoms with Crippen LogP contribution < -0.4 is 5.32 Å². The van der Waals surface area contributed by atoms with Gasteiger partial charge in [-0.1, -0.05) is 42.1 Å². The molecule has 90 valence electrons. The largest absolute Gasteiger partial charge is 0.312 e. The lowest BCUT2D eigenvalue weighted by molar-refractivity contribution is 0.662. The van der Waals surface area contributed by atoms with Crippen molar-refractivity contribution in [2.24, 2.45) is 0 Å². The van der Waals surface area contributed by atoms with Gasteiger partial charge in [0.2, 0.25) is 0 Å². The van der Waals surface area contributed by atoms with Crippen LogP contribution in [0.15, 0.2) is 34.7 Å². The number of aromatic nitrogens is 2. The van der Waals surface area contributed by atoms with Gasteiger partial charge in [0.05, 0.1) is 0 Å². The van der Waals surface area contributed by atoms with Gasteiger partial charge >= 0.3 is 0 Å². The zero-order valence-electron chi connectivity index (χ0n) is 9.88. The molecule has 5 heteroatoms. The molecule has 1 atom stereocenters. The quantitative estimate of drug-likeness (QED) is 0.844. The zero-order valence-corrected chi connectivity index (χ0v) is 11.5. The Morgan fingerprint density at radius 1 is 1.35 bits per heavy atom. The van der Waals surface area contributed by atoms with E-state index in [4.69, 9.17) is 0 Å². The topological polar surface area (TPSA) is 37.8 Å². The molecule has 0 aliphatic heterocycles. The molecule has 0 radical (unpaired) electrons. The maximum Gasteiger partial charge on any atom is 0.170 e. The molecule has 1 heterocycles. The lowest BCUT2D eigenvalue weighted by atomic mass is 10.1. The lowest BCUT2D eigenvalue weighted by Gasteiger charge is -2.15. The minimum Gasteiger partial charge on any atom is -0.312 e. The molecule has 3 nitrogen and oxygen atoms in total. The van der Waals surface area contributed by atoms with Crippen molar-refractivity contribution in [1.29, 1.82) is 0 Å². The van der Waals surface area contributed by atoms with Gasteiger partial charge in [0.1, 0.15) is 5.82 Å². The average molecular weight is 265 g/mol. The molecule has 1 aromatic heterocycles. The summed E-state index contributed by atoms with van der Waals surface area (Å²) in [6.07, 6.45) is 0. The number of hydrogen-bond donors (Lipinski definition) is 1. The molecule has 0 amide bonds. The van der Waals surface area contributed by atoms with E-state index in [0.717, 1.165) is 15.9 Å². The number of benzene rings is 1. The third-order valence-corrected chi connectivity index (χ3v) is 4.45. The van der Waals surface area contributed by atoms with Crippen molar-refractivity contribution >= 4 is 23.3 Å². The molecule has 0 saturated carbocycles. The van der Waals surface area contributed by atoms with Gasteiger partial charge in [0, 0.05) is 11.8 Å². The Kier molecular flexibility index (Phi) is 4.53. The Hall–Kier alpha value is -0.910. The van der Waals surface area contributed by atoms with Crippen LogP contribution in [0.25, 0.3) is 0 Å².